The van der Waals surface area contributed by atoms with Crippen LogP contribution in [0.2, 0.25) is 0 Å². The van der Waals surface area contributed by atoms with Gasteiger partial charge >= 0.3 is 0 Å². The lowest BCUT2D eigenvalue weighted by Crippen LogP contribution is -2.44. The molecule has 102 valence electrons. The van der Waals surface area contributed by atoms with Crippen LogP contribution >= 0.6 is 12.2 Å². The molecular weight excluding hydrogens is 262 g/mol. The molecule has 0 aliphatic heterocycles. The van der Waals surface area contributed by atoms with Crippen molar-refractivity contribution in [2.75, 3.05) is 14.1 Å². The van der Waals surface area contributed by atoms with Crippen LogP contribution < -0.4 is 11.1 Å². The Morgan fingerprint density at radius 3 is 2.42 bits per heavy atom. The number of likely N-dealkylation sites (N-methyl/N-ethyl adjacent to an activating group) is 1. The van der Waals surface area contributed by atoms with Crippen LogP contribution in [0.15, 0.2) is 24.3 Å². The number of nitrogens with two attached hydrogens (primary N) is 1. The number of hydrogen-bond donors (Lipinski definition) is 2. The van der Waals surface area contributed by atoms with Crippen molar-refractivity contribution < 1.29 is 9.59 Å². The van der Waals surface area contributed by atoms with Gasteiger partial charge in [0.1, 0.15) is 11.0 Å². The van der Waals surface area contributed by atoms with E-state index >= 15 is 0 Å². The van der Waals surface area contributed by atoms with Crippen molar-refractivity contribution in [1.82, 2.24) is 10.2 Å². The monoisotopic (exact) mass is 279 g/mol. The molecule has 1 aromatic carbocycles. The van der Waals surface area contributed by atoms with Crippen LogP contribution in [0.25, 0.3) is 0 Å². The number of carbonyl (C=O) groups excluding carboxylic acids is 2. The number of amides is 2. The molecular formula is C13H17N3O2S. The fraction of sp³-hybridized carbons (Fsp3) is 0.308. The molecule has 3 N–H and O–H groups in total. The lowest BCUT2D eigenvalue weighted by molar-refractivity contribution is -0.130. The smallest absolute Gasteiger partial charge is 0.251 e. The molecule has 1 aromatic rings. The first-order chi connectivity index (χ1) is 8.82. The fourth-order valence-corrected chi connectivity index (χ4v) is 1.67. The molecule has 1 atom stereocenters. The fourth-order valence-electron chi connectivity index (χ4n) is 1.54. The first-order valence-electron chi connectivity index (χ1n) is 5.75. The lowest BCUT2D eigenvalue weighted by atomic mass is 10.1. The van der Waals surface area contributed by atoms with Crippen LogP contribution in [-0.4, -0.2) is 41.8 Å². The number of carbonyl (C=O) groups is 2. The van der Waals surface area contributed by atoms with Crippen LogP contribution in [0.1, 0.15) is 22.8 Å². The second kappa shape index (κ2) is 6.29. The average molecular weight is 279 g/mol. The minimum absolute atomic E-state index is 0.168. The molecule has 0 aromatic heterocycles. The van der Waals surface area contributed by atoms with Crippen molar-refractivity contribution in [3.8, 4) is 0 Å². The second-order valence-corrected chi connectivity index (χ2v) is 4.81. The number of hydrogen-bond acceptors (Lipinski definition) is 3. The summed E-state index contributed by atoms with van der Waals surface area (Å²) >= 11 is 4.86. The maximum atomic E-state index is 12.0. The molecule has 19 heavy (non-hydrogen) atoms. The van der Waals surface area contributed by atoms with Gasteiger partial charge in [0.25, 0.3) is 5.91 Å². The molecule has 0 heterocycles. The summed E-state index contributed by atoms with van der Waals surface area (Å²) in [7, 11) is 3.27. The summed E-state index contributed by atoms with van der Waals surface area (Å²) < 4.78 is 0. The van der Waals surface area contributed by atoms with E-state index in [9.17, 15) is 9.59 Å². The third-order valence-corrected chi connectivity index (χ3v) is 2.80. The van der Waals surface area contributed by atoms with Gasteiger partial charge in [0.05, 0.1) is 0 Å². The van der Waals surface area contributed by atoms with Crippen LogP contribution in [-0.2, 0) is 4.79 Å². The van der Waals surface area contributed by atoms with E-state index in [0.29, 0.717) is 11.1 Å². The molecule has 0 bridgehead atoms. The van der Waals surface area contributed by atoms with E-state index in [0.717, 1.165) is 0 Å². The van der Waals surface area contributed by atoms with Gasteiger partial charge in [-0.25, -0.2) is 0 Å². The summed E-state index contributed by atoms with van der Waals surface area (Å²) in [4.78, 5) is 25.3. The van der Waals surface area contributed by atoms with E-state index in [1.807, 2.05) is 0 Å². The van der Waals surface area contributed by atoms with Gasteiger partial charge in [-0.3, -0.25) is 9.59 Å². The van der Waals surface area contributed by atoms with Crippen LogP contribution in [0.4, 0.5) is 0 Å². The Balaban J connectivity index is 2.81. The number of rotatable bonds is 4. The minimum atomic E-state index is -0.587. The van der Waals surface area contributed by atoms with Gasteiger partial charge in [0, 0.05) is 25.2 Å². The van der Waals surface area contributed by atoms with E-state index < -0.39 is 6.04 Å². The molecule has 0 aliphatic carbocycles. The van der Waals surface area contributed by atoms with Gasteiger partial charge in [-0.2, -0.15) is 0 Å². The third-order valence-electron chi connectivity index (χ3n) is 2.57. The minimum Gasteiger partial charge on any atom is -0.389 e. The molecule has 0 radical (unpaired) electrons. The van der Waals surface area contributed by atoms with Gasteiger partial charge in [0.15, 0.2) is 0 Å². The zero-order valence-electron chi connectivity index (χ0n) is 11.1. The van der Waals surface area contributed by atoms with E-state index in [1.165, 1.54) is 4.90 Å². The average Bonchev–Trinajstić information content (AvgIpc) is 2.37. The molecule has 0 spiro atoms. The van der Waals surface area contributed by atoms with E-state index in [2.05, 4.69) is 5.32 Å². The molecule has 0 fully saturated rings. The maximum Gasteiger partial charge on any atom is 0.251 e. The highest BCUT2D eigenvalue weighted by atomic mass is 32.1. The molecule has 6 heteroatoms. The van der Waals surface area contributed by atoms with Crippen molar-refractivity contribution in [1.29, 1.82) is 0 Å². The van der Waals surface area contributed by atoms with E-state index in [1.54, 1.807) is 45.3 Å². The van der Waals surface area contributed by atoms with Crippen LogP contribution in [0.5, 0.6) is 0 Å². The van der Waals surface area contributed by atoms with Crippen molar-refractivity contribution >= 4 is 29.0 Å². The summed E-state index contributed by atoms with van der Waals surface area (Å²) in [5.74, 6) is -0.500. The molecule has 0 saturated carbocycles. The summed E-state index contributed by atoms with van der Waals surface area (Å²) in [5, 5.41) is 2.63. The molecule has 0 saturated heterocycles. The maximum absolute atomic E-state index is 12.0. The van der Waals surface area contributed by atoms with Crippen molar-refractivity contribution in [3.05, 3.63) is 35.4 Å². The van der Waals surface area contributed by atoms with Crippen molar-refractivity contribution in [2.45, 2.75) is 13.0 Å². The first-order valence-corrected chi connectivity index (χ1v) is 6.15. The van der Waals surface area contributed by atoms with Crippen molar-refractivity contribution in [3.63, 3.8) is 0 Å². The van der Waals surface area contributed by atoms with Gasteiger partial charge in [-0.1, -0.05) is 24.4 Å². The highest BCUT2D eigenvalue weighted by Gasteiger charge is 2.18. The Morgan fingerprint density at radius 2 is 1.89 bits per heavy atom. The lowest BCUT2D eigenvalue weighted by Gasteiger charge is -2.18. The Kier molecular flexibility index (Phi) is 5.00. The number of nitrogens with one attached hydrogen (secondary N) is 1. The van der Waals surface area contributed by atoms with Gasteiger partial charge in [0.2, 0.25) is 5.91 Å². The van der Waals surface area contributed by atoms with Gasteiger partial charge in [-0.05, 0) is 19.1 Å². The normalized spacial score (nSPS) is 11.5. The van der Waals surface area contributed by atoms with E-state index in [4.69, 9.17) is 18.0 Å². The standard InChI is InChI=1S/C13H17N3O2S/c1-8(13(18)16(2)3)15-12(17)10-6-4-5-9(7-10)11(14)19/h4-8H,1-3H3,(H2,14,19)(H,15,17). The summed E-state index contributed by atoms with van der Waals surface area (Å²) in [6.07, 6.45) is 0. The number of thiocarbonyl (C=S) groups is 1. The Labute approximate surface area is 117 Å². The van der Waals surface area contributed by atoms with Crippen molar-refractivity contribution in [2.24, 2.45) is 5.73 Å². The quantitative estimate of drug-likeness (QED) is 0.788. The van der Waals surface area contributed by atoms with Gasteiger partial charge < -0.3 is 16.0 Å². The SMILES string of the molecule is CC(NC(=O)c1cccc(C(N)=S)c1)C(=O)N(C)C. The summed E-state index contributed by atoms with van der Waals surface area (Å²) in [5.41, 5.74) is 6.55. The van der Waals surface area contributed by atoms with Crippen LogP contribution in [0, 0.1) is 0 Å². The summed E-state index contributed by atoms with van der Waals surface area (Å²) in [6, 6.07) is 6.08. The van der Waals surface area contributed by atoms with Crippen LogP contribution in [0.3, 0.4) is 0 Å². The highest BCUT2D eigenvalue weighted by molar-refractivity contribution is 7.80. The number of nitrogens with zero attached hydrogens (tertiary/aromatic N) is 1. The zero-order valence-corrected chi connectivity index (χ0v) is 12.0. The number of benzene rings is 1. The Morgan fingerprint density at radius 1 is 1.32 bits per heavy atom. The van der Waals surface area contributed by atoms with E-state index in [-0.39, 0.29) is 16.8 Å². The first kappa shape index (κ1) is 15.1. The topological polar surface area (TPSA) is 75.4 Å². The Hall–Kier alpha value is -1.95. The third kappa shape index (κ3) is 4.03. The molecule has 2 amide bonds. The second-order valence-electron chi connectivity index (χ2n) is 4.37. The molecule has 0 aliphatic rings. The predicted molar refractivity (Wildman–Crippen MR) is 78.0 cm³/mol. The predicted octanol–water partition coefficient (Wildman–Crippen LogP) is 0.527. The molecule has 1 rings (SSSR count). The van der Waals surface area contributed by atoms with Gasteiger partial charge in [-0.15, -0.1) is 0 Å². The zero-order chi connectivity index (χ0) is 14.6. The molecule has 5 nitrogen and oxygen atoms in total. The molecule has 1 unspecified atom stereocenters. The Bertz CT molecular complexity index is 514. The largest absolute Gasteiger partial charge is 0.389 e. The highest BCUT2D eigenvalue weighted by Crippen LogP contribution is 2.06. The summed E-state index contributed by atoms with van der Waals surface area (Å²) in [6.45, 7) is 1.64.